The first-order valence-corrected chi connectivity index (χ1v) is 8.11. The Hall–Kier alpha value is -2.76. The van der Waals surface area contributed by atoms with Crippen LogP contribution < -0.4 is 5.56 Å². The highest BCUT2D eigenvalue weighted by Crippen LogP contribution is 2.18. The molecule has 124 valence electrons. The van der Waals surface area contributed by atoms with Gasteiger partial charge in [0.25, 0.3) is 5.56 Å². The molecule has 0 N–H and O–H groups in total. The quantitative estimate of drug-likeness (QED) is 0.533. The van der Waals surface area contributed by atoms with E-state index < -0.39 is 11.5 Å². The van der Waals surface area contributed by atoms with E-state index in [-0.39, 0.29) is 12.2 Å². The van der Waals surface area contributed by atoms with Gasteiger partial charge in [-0.25, -0.2) is 19.2 Å². The SMILES string of the molecule is CCCCc1ccc2ncn3c(=O)c(C(=O)OCC)cnc3c2c1. The highest BCUT2D eigenvalue weighted by Gasteiger charge is 2.15. The van der Waals surface area contributed by atoms with Crippen LogP contribution in [0.1, 0.15) is 42.6 Å². The Kier molecular flexibility index (Phi) is 4.55. The Balaban J connectivity index is 2.18. The van der Waals surface area contributed by atoms with Crippen molar-refractivity contribution >= 4 is 22.5 Å². The van der Waals surface area contributed by atoms with Crippen LogP contribution in [0.5, 0.6) is 0 Å². The molecule has 0 amide bonds. The van der Waals surface area contributed by atoms with E-state index in [1.807, 2.05) is 18.2 Å². The molecule has 0 atom stereocenters. The topological polar surface area (TPSA) is 73.6 Å². The molecular weight excluding hydrogens is 306 g/mol. The molecule has 0 aliphatic carbocycles. The third-order valence-corrected chi connectivity index (χ3v) is 3.92. The smallest absolute Gasteiger partial charge is 0.345 e. The molecule has 0 aliphatic rings. The Morgan fingerprint density at radius 1 is 1.25 bits per heavy atom. The summed E-state index contributed by atoms with van der Waals surface area (Å²) in [6, 6.07) is 6.00. The maximum absolute atomic E-state index is 12.5. The minimum absolute atomic E-state index is 0.0855. The minimum atomic E-state index is -0.666. The van der Waals surface area contributed by atoms with E-state index in [0.717, 1.165) is 30.2 Å². The molecule has 0 radical (unpaired) electrons. The molecule has 2 aromatic heterocycles. The van der Waals surface area contributed by atoms with Crippen molar-refractivity contribution in [2.24, 2.45) is 0 Å². The number of ether oxygens (including phenoxy) is 1. The average Bonchev–Trinajstić information content (AvgIpc) is 2.60. The third kappa shape index (κ3) is 2.87. The molecule has 0 saturated carbocycles. The van der Waals surface area contributed by atoms with Gasteiger partial charge in [-0.1, -0.05) is 19.4 Å². The molecule has 3 rings (SSSR count). The molecule has 0 spiro atoms. The van der Waals surface area contributed by atoms with E-state index in [1.165, 1.54) is 22.5 Å². The van der Waals surface area contributed by atoms with Crippen LogP contribution in [0.2, 0.25) is 0 Å². The fraction of sp³-hybridized carbons (Fsp3) is 0.333. The number of benzene rings is 1. The number of unbranched alkanes of at least 4 members (excludes halogenated alkanes) is 1. The lowest BCUT2D eigenvalue weighted by Gasteiger charge is -2.08. The van der Waals surface area contributed by atoms with Gasteiger partial charge < -0.3 is 4.74 Å². The van der Waals surface area contributed by atoms with Gasteiger partial charge in [-0.3, -0.25) is 4.79 Å². The van der Waals surface area contributed by atoms with Crippen molar-refractivity contribution < 1.29 is 9.53 Å². The summed E-state index contributed by atoms with van der Waals surface area (Å²) in [6.07, 6.45) is 5.88. The monoisotopic (exact) mass is 325 g/mol. The molecule has 0 bridgehead atoms. The van der Waals surface area contributed by atoms with Gasteiger partial charge >= 0.3 is 5.97 Å². The molecule has 1 aromatic carbocycles. The molecule has 24 heavy (non-hydrogen) atoms. The van der Waals surface area contributed by atoms with Gasteiger partial charge in [-0.05, 0) is 37.5 Å². The lowest BCUT2D eigenvalue weighted by molar-refractivity contribution is 0.0523. The number of carbonyl (C=O) groups excluding carboxylic acids is 1. The van der Waals surface area contributed by atoms with Crippen LogP contribution in [-0.4, -0.2) is 26.9 Å². The molecule has 6 nitrogen and oxygen atoms in total. The lowest BCUT2D eigenvalue weighted by atomic mass is 10.1. The van der Waals surface area contributed by atoms with Gasteiger partial charge in [0.15, 0.2) is 0 Å². The fourth-order valence-electron chi connectivity index (χ4n) is 2.66. The van der Waals surface area contributed by atoms with Crippen LogP contribution in [0.4, 0.5) is 0 Å². The van der Waals surface area contributed by atoms with Crippen molar-refractivity contribution in [3.63, 3.8) is 0 Å². The largest absolute Gasteiger partial charge is 0.462 e. The third-order valence-electron chi connectivity index (χ3n) is 3.92. The zero-order chi connectivity index (χ0) is 17.1. The van der Waals surface area contributed by atoms with Crippen LogP contribution in [0.15, 0.2) is 35.5 Å². The van der Waals surface area contributed by atoms with E-state index >= 15 is 0 Å². The number of carbonyl (C=O) groups is 1. The molecule has 2 heterocycles. The summed E-state index contributed by atoms with van der Waals surface area (Å²) in [7, 11) is 0. The second-order valence-corrected chi connectivity index (χ2v) is 5.59. The van der Waals surface area contributed by atoms with Gasteiger partial charge in [0, 0.05) is 11.6 Å². The van der Waals surface area contributed by atoms with Gasteiger partial charge in [0.2, 0.25) is 0 Å². The van der Waals surface area contributed by atoms with E-state index in [1.54, 1.807) is 6.92 Å². The normalized spacial score (nSPS) is 11.1. The van der Waals surface area contributed by atoms with E-state index in [0.29, 0.717) is 5.65 Å². The zero-order valence-electron chi connectivity index (χ0n) is 13.8. The molecule has 0 aliphatic heterocycles. The van der Waals surface area contributed by atoms with Crippen molar-refractivity contribution in [2.75, 3.05) is 6.61 Å². The van der Waals surface area contributed by atoms with Crippen molar-refractivity contribution in [3.05, 3.63) is 52.2 Å². The summed E-state index contributed by atoms with van der Waals surface area (Å²) in [5.41, 5.74) is 1.90. The van der Waals surface area contributed by atoms with Crippen molar-refractivity contribution in [3.8, 4) is 0 Å². The zero-order valence-corrected chi connectivity index (χ0v) is 13.8. The summed E-state index contributed by atoms with van der Waals surface area (Å²) >= 11 is 0. The first kappa shape index (κ1) is 16.1. The molecule has 0 saturated heterocycles. The Labute approximate surface area is 139 Å². The number of nitrogens with zero attached hydrogens (tertiary/aromatic N) is 3. The predicted molar refractivity (Wildman–Crippen MR) is 91.3 cm³/mol. The van der Waals surface area contributed by atoms with Crippen LogP contribution in [0.3, 0.4) is 0 Å². The summed E-state index contributed by atoms with van der Waals surface area (Å²) in [4.78, 5) is 33.0. The summed E-state index contributed by atoms with van der Waals surface area (Å²) in [5, 5.41) is 0.804. The molecule has 3 aromatic rings. The molecule has 0 fully saturated rings. The number of aryl methyl sites for hydroxylation is 1. The van der Waals surface area contributed by atoms with Crippen LogP contribution in [0, 0.1) is 0 Å². The molecule has 6 heteroatoms. The van der Waals surface area contributed by atoms with E-state index in [2.05, 4.69) is 16.9 Å². The maximum Gasteiger partial charge on any atom is 0.345 e. The van der Waals surface area contributed by atoms with Crippen LogP contribution >= 0.6 is 0 Å². The highest BCUT2D eigenvalue weighted by atomic mass is 16.5. The second kappa shape index (κ2) is 6.78. The van der Waals surface area contributed by atoms with Crippen LogP contribution in [-0.2, 0) is 11.2 Å². The summed E-state index contributed by atoms with van der Waals surface area (Å²) in [5.74, 6) is -0.666. The van der Waals surface area contributed by atoms with Gasteiger partial charge in [0.05, 0.1) is 12.1 Å². The van der Waals surface area contributed by atoms with Crippen molar-refractivity contribution in [2.45, 2.75) is 33.1 Å². The predicted octanol–water partition coefficient (Wildman–Crippen LogP) is 2.76. The standard InChI is InChI=1S/C18H19N3O3/c1-3-5-6-12-7-8-15-13(9-12)16-19-10-14(18(23)24-4-2)17(22)21(16)11-20-15/h7-11H,3-6H2,1-2H3. The fourth-order valence-corrected chi connectivity index (χ4v) is 2.66. The number of esters is 1. The number of hydrogen-bond acceptors (Lipinski definition) is 5. The number of hydrogen-bond donors (Lipinski definition) is 0. The first-order chi connectivity index (χ1) is 11.7. The van der Waals surface area contributed by atoms with E-state index in [9.17, 15) is 9.59 Å². The Morgan fingerprint density at radius 2 is 2.08 bits per heavy atom. The van der Waals surface area contributed by atoms with Crippen molar-refractivity contribution in [1.29, 1.82) is 0 Å². The van der Waals surface area contributed by atoms with Crippen molar-refractivity contribution in [1.82, 2.24) is 14.4 Å². The molecular formula is C18H19N3O3. The first-order valence-electron chi connectivity index (χ1n) is 8.11. The maximum atomic E-state index is 12.5. The van der Waals surface area contributed by atoms with Gasteiger partial charge in [-0.15, -0.1) is 0 Å². The highest BCUT2D eigenvalue weighted by molar-refractivity contribution is 5.93. The molecule has 0 unspecified atom stereocenters. The van der Waals surface area contributed by atoms with Gasteiger partial charge in [-0.2, -0.15) is 0 Å². The number of rotatable bonds is 5. The second-order valence-electron chi connectivity index (χ2n) is 5.59. The lowest BCUT2D eigenvalue weighted by Crippen LogP contribution is -2.24. The van der Waals surface area contributed by atoms with E-state index in [4.69, 9.17) is 4.74 Å². The number of fused-ring (bicyclic) bond motifs is 3. The Bertz CT molecular complexity index is 963. The van der Waals surface area contributed by atoms with Gasteiger partial charge in [0.1, 0.15) is 17.5 Å². The van der Waals surface area contributed by atoms with Crippen LogP contribution in [0.25, 0.3) is 16.6 Å². The average molecular weight is 325 g/mol. The minimum Gasteiger partial charge on any atom is -0.462 e. The Morgan fingerprint density at radius 3 is 2.83 bits per heavy atom. The number of aromatic nitrogens is 3. The summed E-state index contributed by atoms with van der Waals surface area (Å²) in [6.45, 7) is 4.05. The summed E-state index contributed by atoms with van der Waals surface area (Å²) < 4.78 is 6.20.